The molecular weight excluding hydrogens is 226 g/mol. The van der Waals surface area contributed by atoms with Crippen molar-refractivity contribution in [2.75, 3.05) is 19.8 Å². The molecule has 3 heteroatoms. The Morgan fingerprint density at radius 1 is 1.22 bits per heavy atom. The molecule has 0 radical (unpaired) electrons. The van der Waals surface area contributed by atoms with Gasteiger partial charge in [0.1, 0.15) is 0 Å². The SMILES string of the molecule is CCNC1(CO)CCCC1CCOC1CCCC1. The Balaban J connectivity index is 1.76. The topological polar surface area (TPSA) is 41.5 Å². The van der Waals surface area contributed by atoms with Gasteiger partial charge in [-0.1, -0.05) is 26.2 Å². The van der Waals surface area contributed by atoms with Crippen LogP contribution in [0.15, 0.2) is 0 Å². The van der Waals surface area contributed by atoms with E-state index in [2.05, 4.69) is 12.2 Å². The second-order valence-corrected chi connectivity index (χ2v) is 6.00. The number of aliphatic hydroxyl groups excluding tert-OH is 1. The lowest BCUT2D eigenvalue weighted by atomic mass is 9.85. The van der Waals surface area contributed by atoms with Crippen molar-refractivity contribution in [1.29, 1.82) is 0 Å². The van der Waals surface area contributed by atoms with Crippen molar-refractivity contribution in [1.82, 2.24) is 5.32 Å². The van der Waals surface area contributed by atoms with Crippen molar-refractivity contribution < 1.29 is 9.84 Å². The highest BCUT2D eigenvalue weighted by Crippen LogP contribution is 2.37. The van der Waals surface area contributed by atoms with Crippen molar-refractivity contribution >= 4 is 0 Å². The van der Waals surface area contributed by atoms with Gasteiger partial charge in [0, 0.05) is 12.1 Å². The normalized spacial score (nSPS) is 33.3. The molecule has 0 heterocycles. The van der Waals surface area contributed by atoms with Gasteiger partial charge in [-0.15, -0.1) is 0 Å². The Hall–Kier alpha value is -0.120. The molecule has 106 valence electrons. The smallest absolute Gasteiger partial charge is 0.0616 e. The fourth-order valence-electron chi connectivity index (χ4n) is 3.85. The van der Waals surface area contributed by atoms with Gasteiger partial charge < -0.3 is 15.2 Å². The zero-order valence-corrected chi connectivity index (χ0v) is 11.8. The summed E-state index contributed by atoms with van der Waals surface area (Å²) in [6.07, 6.45) is 10.4. The van der Waals surface area contributed by atoms with Gasteiger partial charge in [0.2, 0.25) is 0 Å². The molecule has 0 aliphatic heterocycles. The van der Waals surface area contributed by atoms with Crippen molar-refractivity contribution in [3.8, 4) is 0 Å². The summed E-state index contributed by atoms with van der Waals surface area (Å²) in [5.74, 6) is 0.587. The summed E-state index contributed by atoms with van der Waals surface area (Å²) in [5.41, 5.74) is -0.0201. The number of nitrogens with one attached hydrogen (secondary N) is 1. The molecule has 2 aliphatic carbocycles. The van der Waals surface area contributed by atoms with Crippen LogP contribution < -0.4 is 5.32 Å². The molecule has 0 saturated heterocycles. The van der Waals surface area contributed by atoms with Crippen LogP contribution in [0.1, 0.15) is 58.3 Å². The number of aliphatic hydroxyl groups is 1. The maximum Gasteiger partial charge on any atom is 0.0616 e. The van der Waals surface area contributed by atoms with E-state index in [9.17, 15) is 5.11 Å². The summed E-state index contributed by atoms with van der Waals surface area (Å²) in [7, 11) is 0. The summed E-state index contributed by atoms with van der Waals surface area (Å²) >= 11 is 0. The molecule has 0 aromatic carbocycles. The lowest BCUT2D eigenvalue weighted by molar-refractivity contribution is 0.0349. The van der Waals surface area contributed by atoms with Gasteiger partial charge in [-0.3, -0.25) is 0 Å². The van der Waals surface area contributed by atoms with E-state index in [1.165, 1.54) is 38.5 Å². The van der Waals surface area contributed by atoms with E-state index < -0.39 is 0 Å². The van der Waals surface area contributed by atoms with Crippen LogP contribution in [-0.4, -0.2) is 36.5 Å². The molecule has 2 rings (SSSR count). The minimum Gasteiger partial charge on any atom is -0.394 e. The lowest BCUT2D eigenvalue weighted by Crippen LogP contribution is -2.51. The highest BCUT2D eigenvalue weighted by molar-refractivity contribution is 4.98. The standard InChI is InChI=1S/C15H29NO2/c1-2-16-15(12-17)10-5-6-13(15)9-11-18-14-7-3-4-8-14/h13-14,16-17H,2-12H2,1H3. The molecule has 0 aromatic heterocycles. The molecular formula is C15H29NO2. The Bertz CT molecular complexity index is 241. The Morgan fingerprint density at radius 2 is 2.00 bits per heavy atom. The predicted octanol–water partition coefficient (Wildman–Crippen LogP) is 2.48. The van der Waals surface area contributed by atoms with Crippen LogP contribution in [0.3, 0.4) is 0 Å². The Morgan fingerprint density at radius 3 is 2.67 bits per heavy atom. The van der Waals surface area contributed by atoms with Gasteiger partial charge in [-0.2, -0.15) is 0 Å². The first-order valence-electron chi connectivity index (χ1n) is 7.78. The molecule has 2 unspecified atom stereocenters. The first-order valence-corrected chi connectivity index (χ1v) is 7.78. The maximum atomic E-state index is 9.73. The van der Waals surface area contributed by atoms with E-state index in [0.717, 1.165) is 26.0 Å². The highest BCUT2D eigenvalue weighted by atomic mass is 16.5. The first-order chi connectivity index (χ1) is 8.80. The average molecular weight is 255 g/mol. The first kappa shape index (κ1) is 14.3. The second-order valence-electron chi connectivity index (χ2n) is 6.00. The number of rotatable bonds is 7. The van der Waals surface area contributed by atoms with Crippen LogP contribution in [0.4, 0.5) is 0 Å². The fraction of sp³-hybridized carbons (Fsp3) is 1.00. The van der Waals surface area contributed by atoms with Crippen molar-refractivity contribution in [2.24, 2.45) is 5.92 Å². The minimum absolute atomic E-state index is 0.0201. The van der Waals surface area contributed by atoms with Gasteiger partial charge in [0.25, 0.3) is 0 Å². The molecule has 3 nitrogen and oxygen atoms in total. The largest absolute Gasteiger partial charge is 0.394 e. The van der Waals surface area contributed by atoms with Crippen LogP contribution in [0.5, 0.6) is 0 Å². The number of likely N-dealkylation sites (N-methyl/N-ethyl adjacent to an activating group) is 1. The summed E-state index contributed by atoms with van der Waals surface area (Å²) in [4.78, 5) is 0. The molecule has 0 bridgehead atoms. The molecule has 2 atom stereocenters. The summed E-state index contributed by atoms with van der Waals surface area (Å²) in [5, 5.41) is 13.3. The zero-order valence-electron chi connectivity index (χ0n) is 11.8. The van der Waals surface area contributed by atoms with Crippen LogP contribution in [0.25, 0.3) is 0 Å². The minimum atomic E-state index is -0.0201. The van der Waals surface area contributed by atoms with Crippen molar-refractivity contribution in [3.63, 3.8) is 0 Å². The van der Waals surface area contributed by atoms with Crippen molar-refractivity contribution in [3.05, 3.63) is 0 Å². The third-order valence-corrected chi connectivity index (χ3v) is 4.89. The van der Waals surface area contributed by atoms with E-state index in [1.807, 2.05) is 0 Å². The van der Waals surface area contributed by atoms with E-state index in [0.29, 0.717) is 12.0 Å². The molecule has 0 spiro atoms. The number of hydrogen-bond donors (Lipinski definition) is 2. The fourth-order valence-corrected chi connectivity index (χ4v) is 3.85. The summed E-state index contributed by atoms with van der Waals surface area (Å²) in [6.45, 7) is 4.22. The van der Waals surface area contributed by atoms with Gasteiger partial charge in [-0.25, -0.2) is 0 Å². The average Bonchev–Trinajstić information content (AvgIpc) is 3.01. The van der Waals surface area contributed by atoms with Crippen LogP contribution in [0.2, 0.25) is 0 Å². The zero-order chi connectivity index (χ0) is 12.8. The van der Waals surface area contributed by atoms with Gasteiger partial charge in [0.05, 0.1) is 12.7 Å². The molecule has 2 fully saturated rings. The van der Waals surface area contributed by atoms with E-state index in [-0.39, 0.29) is 12.1 Å². The molecule has 0 amide bonds. The summed E-state index contributed by atoms with van der Waals surface area (Å²) < 4.78 is 5.97. The Labute approximate surface area is 111 Å². The maximum absolute atomic E-state index is 9.73. The van der Waals surface area contributed by atoms with E-state index >= 15 is 0 Å². The highest BCUT2D eigenvalue weighted by Gasteiger charge is 2.41. The second kappa shape index (κ2) is 6.88. The monoisotopic (exact) mass is 255 g/mol. The molecule has 0 aromatic rings. The van der Waals surface area contributed by atoms with Crippen LogP contribution in [-0.2, 0) is 4.74 Å². The van der Waals surface area contributed by atoms with E-state index in [1.54, 1.807) is 0 Å². The lowest BCUT2D eigenvalue weighted by Gasteiger charge is -2.35. The van der Waals surface area contributed by atoms with E-state index in [4.69, 9.17) is 4.74 Å². The number of hydrogen-bond acceptors (Lipinski definition) is 3. The third kappa shape index (κ3) is 3.25. The molecule has 18 heavy (non-hydrogen) atoms. The van der Waals surface area contributed by atoms with Gasteiger partial charge in [0.15, 0.2) is 0 Å². The van der Waals surface area contributed by atoms with Gasteiger partial charge in [-0.05, 0) is 44.6 Å². The van der Waals surface area contributed by atoms with Gasteiger partial charge >= 0.3 is 0 Å². The van der Waals surface area contributed by atoms with Crippen LogP contribution in [0, 0.1) is 5.92 Å². The van der Waals surface area contributed by atoms with Crippen molar-refractivity contribution in [2.45, 2.75) is 69.9 Å². The third-order valence-electron chi connectivity index (χ3n) is 4.89. The molecule has 2 N–H and O–H groups in total. The predicted molar refractivity (Wildman–Crippen MR) is 73.7 cm³/mol. The molecule has 2 saturated carbocycles. The number of ether oxygens (including phenoxy) is 1. The quantitative estimate of drug-likeness (QED) is 0.734. The Kier molecular flexibility index (Phi) is 5.46. The summed E-state index contributed by atoms with van der Waals surface area (Å²) in [6, 6.07) is 0. The van der Waals surface area contributed by atoms with Crippen LogP contribution >= 0.6 is 0 Å². The molecule has 2 aliphatic rings.